The molecule has 2 N–H and O–H groups in total. The number of nitrogens with one attached hydrogen (secondary N) is 2. The summed E-state index contributed by atoms with van der Waals surface area (Å²) in [5.74, 6) is -0.371. The molecular weight excluding hydrogens is 353 g/mol. The summed E-state index contributed by atoms with van der Waals surface area (Å²) in [6.07, 6.45) is 0.352. The van der Waals surface area contributed by atoms with E-state index in [-0.39, 0.29) is 30.2 Å². The van der Waals surface area contributed by atoms with Crippen LogP contribution in [0.1, 0.15) is 11.3 Å². The molecule has 1 amide bonds. The summed E-state index contributed by atoms with van der Waals surface area (Å²) in [5, 5.41) is 6.63. The van der Waals surface area contributed by atoms with Crippen LogP contribution < -0.4 is 10.6 Å². The maximum Gasteiger partial charge on any atom is 0.227 e. The summed E-state index contributed by atoms with van der Waals surface area (Å²) >= 11 is 1.42. The molecule has 0 radical (unpaired) electrons. The fraction of sp³-hybridized carbons (Fsp3) is 0.375. The highest BCUT2D eigenvalue weighted by molar-refractivity contribution is 7.16. The monoisotopic (exact) mass is 371 g/mol. The van der Waals surface area contributed by atoms with E-state index in [1.54, 1.807) is 12.1 Å². The number of hydrogen-bond donors (Lipinski definition) is 2. The van der Waals surface area contributed by atoms with Crippen LogP contribution in [0.15, 0.2) is 24.3 Å². The van der Waals surface area contributed by atoms with Crippen molar-refractivity contribution in [1.82, 2.24) is 10.3 Å². The minimum atomic E-state index is -0.280. The molecule has 1 aromatic heterocycles. The molecule has 3 rings (SSSR count). The first-order valence-corrected chi connectivity index (χ1v) is 8.28. The third-order valence-corrected chi connectivity index (χ3v) is 4.48. The first kappa shape index (κ1) is 18.8. The number of anilines is 1. The van der Waals surface area contributed by atoms with Crippen LogP contribution >= 0.6 is 23.7 Å². The van der Waals surface area contributed by atoms with E-state index in [0.29, 0.717) is 24.8 Å². The highest BCUT2D eigenvalue weighted by Gasteiger charge is 2.18. The molecule has 0 spiro atoms. The van der Waals surface area contributed by atoms with Gasteiger partial charge in [0.15, 0.2) is 5.13 Å². The van der Waals surface area contributed by atoms with Crippen LogP contribution in [0.4, 0.5) is 9.52 Å². The molecule has 1 aliphatic heterocycles. The Morgan fingerprint density at radius 1 is 1.46 bits per heavy atom. The predicted molar refractivity (Wildman–Crippen MR) is 95.3 cm³/mol. The van der Waals surface area contributed by atoms with Gasteiger partial charge in [0.2, 0.25) is 5.91 Å². The maximum absolute atomic E-state index is 13.0. The van der Waals surface area contributed by atoms with E-state index in [1.807, 2.05) is 6.92 Å². The zero-order valence-corrected chi connectivity index (χ0v) is 14.8. The highest BCUT2D eigenvalue weighted by Crippen LogP contribution is 2.30. The Balaban J connectivity index is 0.00000208. The van der Waals surface area contributed by atoms with Crippen LogP contribution in [-0.4, -0.2) is 36.7 Å². The van der Waals surface area contributed by atoms with Gasteiger partial charge >= 0.3 is 0 Å². The minimum absolute atomic E-state index is 0. The van der Waals surface area contributed by atoms with Crippen molar-refractivity contribution >= 4 is 34.8 Å². The van der Waals surface area contributed by atoms with Gasteiger partial charge in [0.05, 0.1) is 18.9 Å². The summed E-state index contributed by atoms with van der Waals surface area (Å²) < 4.78 is 18.3. The Morgan fingerprint density at radius 2 is 2.21 bits per heavy atom. The number of amides is 1. The van der Waals surface area contributed by atoms with Crippen molar-refractivity contribution in [3.8, 4) is 11.3 Å². The first-order chi connectivity index (χ1) is 11.1. The average molecular weight is 372 g/mol. The van der Waals surface area contributed by atoms with Crippen molar-refractivity contribution in [2.24, 2.45) is 0 Å². The number of rotatable bonds is 4. The van der Waals surface area contributed by atoms with Gasteiger partial charge < -0.3 is 15.4 Å². The number of thiazole rings is 1. The number of ether oxygens (including phenoxy) is 1. The fourth-order valence-corrected chi connectivity index (χ4v) is 3.32. The number of hydrogen-bond acceptors (Lipinski definition) is 5. The molecule has 24 heavy (non-hydrogen) atoms. The molecule has 1 aromatic carbocycles. The van der Waals surface area contributed by atoms with E-state index in [4.69, 9.17) is 4.74 Å². The van der Waals surface area contributed by atoms with Gasteiger partial charge in [0.25, 0.3) is 0 Å². The third kappa shape index (κ3) is 4.73. The second kappa shape index (κ2) is 8.53. The normalized spacial score (nSPS) is 17.2. The van der Waals surface area contributed by atoms with Crippen molar-refractivity contribution in [1.29, 1.82) is 0 Å². The third-order valence-electron chi connectivity index (χ3n) is 3.59. The van der Waals surface area contributed by atoms with Gasteiger partial charge in [-0.25, -0.2) is 9.37 Å². The van der Waals surface area contributed by atoms with Crippen molar-refractivity contribution in [2.45, 2.75) is 19.4 Å². The highest BCUT2D eigenvalue weighted by atomic mass is 35.5. The molecular formula is C16H19ClFN3O2S. The number of aryl methyl sites for hydroxylation is 1. The number of carbonyl (C=O) groups excluding carboxylic acids is 1. The van der Waals surface area contributed by atoms with Crippen molar-refractivity contribution < 1.29 is 13.9 Å². The second-order valence-corrected chi connectivity index (χ2v) is 6.61. The number of morpholine rings is 1. The van der Waals surface area contributed by atoms with Crippen molar-refractivity contribution in [2.75, 3.05) is 25.1 Å². The zero-order valence-electron chi connectivity index (χ0n) is 13.2. The molecule has 1 unspecified atom stereocenters. The second-order valence-electron chi connectivity index (χ2n) is 5.41. The molecule has 5 nitrogen and oxygen atoms in total. The number of carbonyl (C=O) groups is 1. The lowest BCUT2D eigenvalue weighted by atomic mass is 10.1. The minimum Gasteiger partial charge on any atom is -0.378 e. The van der Waals surface area contributed by atoms with Crippen molar-refractivity contribution in [3.63, 3.8) is 0 Å². The van der Waals surface area contributed by atoms with Crippen LogP contribution in [0.5, 0.6) is 0 Å². The van der Waals surface area contributed by atoms with E-state index in [0.717, 1.165) is 22.7 Å². The van der Waals surface area contributed by atoms with Crippen LogP contribution in [0.25, 0.3) is 11.3 Å². The summed E-state index contributed by atoms with van der Waals surface area (Å²) in [6, 6.07) is 6.22. The Labute approximate surface area is 150 Å². The smallest absolute Gasteiger partial charge is 0.227 e. The Morgan fingerprint density at radius 3 is 2.88 bits per heavy atom. The quantitative estimate of drug-likeness (QED) is 0.867. The van der Waals surface area contributed by atoms with Gasteiger partial charge in [0.1, 0.15) is 5.82 Å². The molecule has 1 atom stereocenters. The number of nitrogens with zero attached hydrogens (tertiary/aromatic N) is 1. The molecule has 2 heterocycles. The molecule has 1 aliphatic rings. The van der Waals surface area contributed by atoms with Gasteiger partial charge in [-0.2, -0.15) is 0 Å². The van der Waals surface area contributed by atoms with Gasteiger partial charge in [-0.15, -0.1) is 23.7 Å². The van der Waals surface area contributed by atoms with Gasteiger partial charge in [-0.05, 0) is 31.2 Å². The molecule has 8 heteroatoms. The van der Waals surface area contributed by atoms with Gasteiger partial charge in [0, 0.05) is 29.4 Å². The van der Waals surface area contributed by atoms with E-state index in [1.165, 1.54) is 23.5 Å². The fourth-order valence-electron chi connectivity index (χ4n) is 2.47. The summed E-state index contributed by atoms with van der Waals surface area (Å²) in [6.45, 7) is 3.93. The average Bonchev–Trinajstić information content (AvgIpc) is 2.89. The number of halogens is 2. The van der Waals surface area contributed by atoms with Gasteiger partial charge in [-0.3, -0.25) is 4.79 Å². The summed E-state index contributed by atoms with van der Waals surface area (Å²) in [7, 11) is 0. The van der Waals surface area contributed by atoms with Crippen LogP contribution in [-0.2, 0) is 9.53 Å². The zero-order chi connectivity index (χ0) is 16.2. The molecule has 1 saturated heterocycles. The standard InChI is InChI=1S/C16H18FN3O2S.ClH/c1-10-15(11-2-4-12(17)5-3-11)20-16(23-10)19-14(21)8-13-9-22-7-6-18-13;/h2-5,13,18H,6-9H2,1H3,(H,19,20,21);1H. The van der Waals surface area contributed by atoms with E-state index in [9.17, 15) is 9.18 Å². The Hall–Kier alpha value is -1.54. The number of aromatic nitrogens is 1. The predicted octanol–water partition coefficient (Wildman–Crippen LogP) is 3.00. The molecule has 0 saturated carbocycles. The molecule has 1 fully saturated rings. The van der Waals surface area contributed by atoms with Crippen LogP contribution in [0.3, 0.4) is 0 Å². The van der Waals surface area contributed by atoms with Gasteiger partial charge in [-0.1, -0.05) is 0 Å². The SMILES string of the molecule is Cc1sc(NC(=O)CC2COCCN2)nc1-c1ccc(F)cc1.Cl. The van der Waals surface area contributed by atoms with E-state index in [2.05, 4.69) is 15.6 Å². The maximum atomic E-state index is 13.0. The lowest BCUT2D eigenvalue weighted by molar-refractivity contribution is -0.117. The lowest BCUT2D eigenvalue weighted by Gasteiger charge is -2.22. The lowest BCUT2D eigenvalue weighted by Crippen LogP contribution is -2.43. The van der Waals surface area contributed by atoms with Crippen molar-refractivity contribution in [3.05, 3.63) is 35.0 Å². The molecule has 0 aliphatic carbocycles. The largest absolute Gasteiger partial charge is 0.378 e. The van der Waals surface area contributed by atoms with E-state index < -0.39 is 0 Å². The van der Waals surface area contributed by atoms with Crippen LogP contribution in [0, 0.1) is 12.7 Å². The summed E-state index contributed by atoms with van der Waals surface area (Å²) in [4.78, 5) is 17.5. The Bertz CT molecular complexity index is 687. The Kier molecular flexibility index (Phi) is 6.68. The number of benzene rings is 1. The molecule has 130 valence electrons. The van der Waals surface area contributed by atoms with E-state index >= 15 is 0 Å². The van der Waals surface area contributed by atoms with Crippen LogP contribution in [0.2, 0.25) is 0 Å². The summed E-state index contributed by atoms with van der Waals surface area (Å²) in [5.41, 5.74) is 1.60. The first-order valence-electron chi connectivity index (χ1n) is 7.46. The molecule has 0 bridgehead atoms. The topological polar surface area (TPSA) is 63.2 Å². The molecule has 2 aromatic rings.